The minimum atomic E-state index is -0.0820. The van der Waals surface area contributed by atoms with Crippen LogP contribution in [0.1, 0.15) is 24.1 Å². The summed E-state index contributed by atoms with van der Waals surface area (Å²) in [6.45, 7) is 1.69. The molecule has 0 radical (unpaired) electrons. The highest BCUT2D eigenvalue weighted by molar-refractivity contribution is 4.99. The molecule has 0 saturated carbocycles. The average Bonchev–Trinajstić information content (AvgIpc) is 3.02. The Bertz CT molecular complexity index is 584. The lowest BCUT2D eigenvalue weighted by Gasteiger charge is -2.00. The van der Waals surface area contributed by atoms with Gasteiger partial charge >= 0.3 is 0 Å². The van der Waals surface area contributed by atoms with Gasteiger partial charge in [0.05, 0.1) is 6.61 Å². The zero-order chi connectivity index (χ0) is 12.4. The molecule has 2 aromatic rings. The van der Waals surface area contributed by atoms with Gasteiger partial charge in [0.15, 0.2) is 5.82 Å². The van der Waals surface area contributed by atoms with Crippen LogP contribution in [0.2, 0.25) is 0 Å². The van der Waals surface area contributed by atoms with Crippen LogP contribution in [0.15, 0.2) is 33.7 Å². The molecule has 1 atom stereocenters. The van der Waals surface area contributed by atoms with Crippen LogP contribution >= 0.6 is 0 Å². The van der Waals surface area contributed by atoms with Crippen molar-refractivity contribution in [2.24, 2.45) is 0 Å². The van der Waals surface area contributed by atoms with E-state index in [-0.39, 0.29) is 11.5 Å². The number of hydrogen-bond acceptors (Lipinski definition) is 5. The van der Waals surface area contributed by atoms with Gasteiger partial charge < -0.3 is 13.8 Å². The molecule has 0 aliphatic carbocycles. The zero-order valence-electron chi connectivity index (χ0n) is 9.78. The van der Waals surface area contributed by atoms with Crippen molar-refractivity contribution < 1.29 is 9.26 Å². The first-order valence-corrected chi connectivity index (χ1v) is 5.88. The Labute approximate surface area is 103 Å². The molecule has 1 fully saturated rings. The van der Waals surface area contributed by atoms with Gasteiger partial charge in [0.1, 0.15) is 6.54 Å². The molecule has 1 saturated heterocycles. The summed E-state index contributed by atoms with van der Waals surface area (Å²) in [7, 11) is 0. The van der Waals surface area contributed by atoms with Gasteiger partial charge in [-0.25, -0.2) is 0 Å². The fourth-order valence-electron chi connectivity index (χ4n) is 1.97. The van der Waals surface area contributed by atoms with Gasteiger partial charge in [-0.3, -0.25) is 4.79 Å². The molecule has 94 valence electrons. The van der Waals surface area contributed by atoms with Crippen LogP contribution in [0.25, 0.3) is 0 Å². The summed E-state index contributed by atoms with van der Waals surface area (Å²) in [6, 6.07) is 5.00. The molecular weight excluding hydrogens is 234 g/mol. The van der Waals surface area contributed by atoms with Gasteiger partial charge in [-0.05, 0) is 12.5 Å². The summed E-state index contributed by atoms with van der Waals surface area (Å²) in [4.78, 5) is 15.9. The van der Waals surface area contributed by atoms with E-state index < -0.39 is 0 Å². The van der Waals surface area contributed by atoms with Crippen LogP contribution in [0.3, 0.4) is 0 Å². The minimum absolute atomic E-state index is 0.0820. The highest BCUT2D eigenvalue weighted by Gasteiger charge is 2.23. The minimum Gasteiger partial charge on any atom is -0.381 e. The van der Waals surface area contributed by atoms with Crippen molar-refractivity contribution in [2.45, 2.75) is 18.9 Å². The number of hydrogen-bond donors (Lipinski definition) is 0. The smallest absolute Gasteiger partial charge is 0.250 e. The Kier molecular flexibility index (Phi) is 2.93. The third kappa shape index (κ3) is 2.19. The van der Waals surface area contributed by atoms with Crippen LogP contribution in [-0.2, 0) is 11.3 Å². The first-order chi connectivity index (χ1) is 8.83. The van der Waals surface area contributed by atoms with E-state index in [4.69, 9.17) is 9.26 Å². The lowest BCUT2D eigenvalue weighted by atomic mass is 10.1. The number of nitrogens with zero attached hydrogens (tertiary/aromatic N) is 3. The van der Waals surface area contributed by atoms with Gasteiger partial charge in [-0.2, -0.15) is 4.98 Å². The van der Waals surface area contributed by atoms with E-state index in [1.165, 1.54) is 10.6 Å². The van der Waals surface area contributed by atoms with E-state index in [9.17, 15) is 4.79 Å². The van der Waals surface area contributed by atoms with Crippen LogP contribution in [0, 0.1) is 0 Å². The second-order valence-electron chi connectivity index (χ2n) is 4.27. The second-order valence-corrected chi connectivity index (χ2v) is 4.27. The Hall–Kier alpha value is -1.95. The molecule has 1 aliphatic rings. The first kappa shape index (κ1) is 11.2. The summed E-state index contributed by atoms with van der Waals surface area (Å²) in [5.41, 5.74) is -0.0820. The maximum atomic E-state index is 11.5. The Morgan fingerprint density at radius 1 is 1.44 bits per heavy atom. The maximum absolute atomic E-state index is 11.5. The third-order valence-corrected chi connectivity index (χ3v) is 2.98. The first-order valence-electron chi connectivity index (χ1n) is 5.88. The van der Waals surface area contributed by atoms with E-state index in [1.54, 1.807) is 18.3 Å². The van der Waals surface area contributed by atoms with E-state index in [0.29, 0.717) is 24.9 Å². The van der Waals surface area contributed by atoms with Crippen LogP contribution in [-0.4, -0.2) is 27.9 Å². The molecule has 0 N–H and O–H groups in total. The molecule has 18 heavy (non-hydrogen) atoms. The molecule has 3 rings (SSSR count). The number of aromatic nitrogens is 3. The normalized spacial score (nSPS) is 19.2. The van der Waals surface area contributed by atoms with Gasteiger partial charge in [-0.1, -0.05) is 11.2 Å². The highest BCUT2D eigenvalue weighted by atomic mass is 16.5. The molecule has 6 heteroatoms. The fourth-order valence-corrected chi connectivity index (χ4v) is 1.97. The lowest BCUT2D eigenvalue weighted by molar-refractivity contribution is 0.192. The average molecular weight is 247 g/mol. The van der Waals surface area contributed by atoms with E-state index >= 15 is 0 Å². The summed E-state index contributed by atoms with van der Waals surface area (Å²) in [6.07, 6.45) is 2.62. The van der Waals surface area contributed by atoms with E-state index in [2.05, 4.69) is 10.1 Å². The van der Waals surface area contributed by atoms with E-state index in [0.717, 1.165) is 13.0 Å². The zero-order valence-corrected chi connectivity index (χ0v) is 9.78. The molecular formula is C12H13N3O3. The molecule has 0 spiro atoms. The summed E-state index contributed by atoms with van der Waals surface area (Å²) in [5.74, 6) is 1.34. The largest absolute Gasteiger partial charge is 0.381 e. The van der Waals surface area contributed by atoms with Crippen molar-refractivity contribution in [3.8, 4) is 0 Å². The van der Waals surface area contributed by atoms with Gasteiger partial charge in [0, 0.05) is 24.8 Å². The van der Waals surface area contributed by atoms with Crippen LogP contribution in [0.4, 0.5) is 0 Å². The standard InChI is InChI=1S/C12H13N3O3/c16-11-3-1-2-5-15(11)7-10-13-12(14-18-10)9-4-6-17-8-9/h1-3,5,9H,4,6-8H2. The molecule has 2 aromatic heterocycles. The predicted octanol–water partition coefficient (Wildman–Crippen LogP) is 0.784. The van der Waals surface area contributed by atoms with Crippen LogP contribution in [0.5, 0.6) is 0 Å². The topological polar surface area (TPSA) is 70.2 Å². The van der Waals surface area contributed by atoms with Gasteiger partial charge in [0.2, 0.25) is 5.89 Å². The molecule has 0 amide bonds. The van der Waals surface area contributed by atoms with Crippen molar-refractivity contribution in [1.29, 1.82) is 0 Å². The van der Waals surface area contributed by atoms with Crippen molar-refractivity contribution in [2.75, 3.05) is 13.2 Å². The molecule has 6 nitrogen and oxygen atoms in total. The van der Waals surface area contributed by atoms with Crippen LogP contribution < -0.4 is 5.56 Å². The Morgan fingerprint density at radius 2 is 2.39 bits per heavy atom. The second kappa shape index (κ2) is 4.73. The van der Waals surface area contributed by atoms with Crippen molar-refractivity contribution in [3.05, 3.63) is 46.5 Å². The number of rotatable bonds is 3. The number of ether oxygens (including phenoxy) is 1. The summed E-state index contributed by atoms with van der Waals surface area (Å²) >= 11 is 0. The predicted molar refractivity (Wildman–Crippen MR) is 62.3 cm³/mol. The molecule has 1 unspecified atom stereocenters. The monoisotopic (exact) mass is 247 g/mol. The van der Waals surface area contributed by atoms with Gasteiger partial charge in [-0.15, -0.1) is 0 Å². The fraction of sp³-hybridized carbons (Fsp3) is 0.417. The molecule has 3 heterocycles. The van der Waals surface area contributed by atoms with Crippen molar-refractivity contribution in [3.63, 3.8) is 0 Å². The van der Waals surface area contributed by atoms with Crippen molar-refractivity contribution in [1.82, 2.24) is 14.7 Å². The summed E-state index contributed by atoms with van der Waals surface area (Å²) in [5, 5.41) is 3.94. The number of pyridine rings is 1. The highest BCUT2D eigenvalue weighted by Crippen LogP contribution is 2.22. The molecule has 0 aromatic carbocycles. The SMILES string of the molecule is O=c1ccccn1Cc1nc(C2CCOC2)no1. The van der Waals surface area contributed by atoms with Crippen molar-refractivity contribution >= 4 is 0 Å². The molecule has 1 aliphatic heterocycles. The third-order valence-electron chi connectivity index (χ3n) is 2.98. The summed E-state index contributed by atoms with van der Waals surface area (Å²) < 4.78 is 12.0. The Morgan fingerprint density at radius 3 is 3.17 bits per heavy atom. The lowest BCUT2D eigenvalue weighted by Crippen LogP contribution is -2.18. The quantitative estimate of drug-likeness (QED) is 0.801. The molecule has 0 bridgehead atoms. The maximum Gasteiger partial charge on any atom is 0.250 e. The van der Waals surface area contributed by atoms with Gasteiger partial charge in [0.25, 0.3) is 5.56 Å². The van der Waals surface area contributed by atoms with E-state index in [1.807, 2.05) is 0 Å². The Balaban J connectivity index is 1.77.